The zero-order chi connectivity index (χ0) is 14.7. The van der Waals surface area contributed by atoms with Crippen molar-refractivity contribution < 1.29 is 4.79 Å². The monoisotopic (exact) mass is 427 g/mol. The van der Waals surface area contributed by atoms with E-state index in [1.54, 1.807) is 11.3 Å². The first-order valence-corrected chi connectivity index (χ1v) is 9.03. The molecule has 1 aromatic carbocycles. The van der Waals surface area contributed by atoms with Crippen LogP contribution in [0.1, 0.15) is 0 Å². The zero-order valence-corrected chi connectivity index (χ0v) is 14.5. The third kappa shape index (κ3) is 3.72. The fourth-order valence-electron chi connectivity index (χ4n) is 1.73. The molecule has 0 bridgehead atoms. The summed E-state index contributed by atoms with van der Waals surface area (Å²) in [6, 6.07) is 9.67. The summed E-state index contributed by atoms with van der Waals surface area (Å²) >= 11 is 5.26. The first-order valence-electron chi connectivity index (χ1n) is 6.09. The van der Waals surface area contributed by atoms with Crippen molar-refractivity contribution in [2.75, 3.05) is 11.1 Å². The quantitative estimate of drug-likeness (QED) is 0.388. The first kappa shape index (κ1) is 14.7. The lowest BCUT2D eigenvalue weighted by atomic mass is 10.3. The van der Waals surface area contributed by atoms with E-state index in [1.165, 1.54) is 18.1 Å². The van der Waals surface area contributed by atoms with Crippen molar-refractivity contribution in [1.29, 1.82) is 0 Å². The molecule has 0 radical (unpaired) electrons. The van der Waals surface area contributed by atoms with Gasteiger partial charge in [0.05, 0.1) is 16.0 Å². The van der Waals surface area contributed by atoms with Crippen molar-refractivity contribution in [1.82, 2.24) is 9.97 Å². The molecule has 0 saturated carbocycles. The van der Waals surface area contributed by atoms with Crippen LogP contribution in [0, 0.1) is 3.57 Å². The van der Waals surface area contributed by atoms with Crippen molar-refractivity contribution in [3.63, 3.8) is 0 Å². The van der Waals surface area contributed by atoms with E-state index in [1.807, 2.05) is 35.7 Å². The number of hydrogen-bond acceptors (Lipinski definition) is 5. The van der Waals surface area contributed by atoms with Gasteiger partial charge < -0.3 is 5.32 Å². The van der Waals surface area contributed by atoms with Crippen molar-refractivity contribution in [2.45, 2.75) is 5.03 Å². The molecule has 0 unspecified atom stereocenters. The predicted molar refractivity (Wildman–Crippen MR) is 95.9 cm³/mol. The maximum absolute atomic E-state index is 12.0. The number of rotatable bonds is 4. The van der Waals surface area contributed by atoms with Gasteiger partial charge in [-0.25, -0.2) is 9.97 Å². The number of carbonyl (C=O) groups is 1. The Kier molecular flexibility index (Phi) is 4.71. The van der Waals surface area contributed by atoms with Gasteiger partial charge in [-0.1, -0.05) is 11.8 Å². The first-order chi connectivity index (χ1) is 10.2. The number of carbonyl (C=O) groups excluding carboxylic acids is 1. The Morgan fingerprint density at radius 2 is 2.05 bits per heavy atom. The molecule has 2 aromatic heterocycles. The second-order valence-electron chi connectivity index (χ2n) is 4.16. The van der Waals surface area contributed by atoms with Crippen LogP contribution in [-0.4, -0.2) is 21.6 Å². The van der Waals surface area contributed by atoms with Crippen molar-refractivity contribution in [3.8, 4) is 0 Å². The van der Waals surface area contributed by atoms with E-state index < -0.39 is 0 Å². The summed E-state index contributed by atoms with van der Waals surface area (Å²) in [7, 11) is 0. The lowest BCUT2D eigenvalue weighted by Crippen LogP contribution is -2.14. The van der Waals surface area contributed by atoms with Gasteiger partial charge >= 0.3 is 0 Å². The molecule has 1 N–H and O–H groups in total. The van der Waals surface area contributed by atoms with Crippen LogP contribution in [0.4, 0.5) is 5.69 Å². The number of thiophene rings is 1. The summed E-state index contributed by atoms with van der Waals surface area (Å²) in [5, 5.41) is 5.71. The average molecular weight is 427 g/mol. The Morgan fingerprint density at radius 1 is 1.24 bits per heavy atom. The van der Waals surface area contributed by atoms with E-state index >= 15 is 0 Å². The average Bonchev–Trinajstić information content (AvgIpc) is 2.96. The minimum Gasteiger partial charge on any atom is -0.325 e. The minimum absolute atomic E-state index is 0.0375. The van der Waals surface area contributed by atoms with Gasteiger partial charge in [-0.05, 0) is 58.3 Å². The highest BCUT2D eigenvalue weighted by Crippen LogP contribution is 2.28. The van der Waals surface area contributed by atoms with Gasteiger partial charge in [-0.3, -0.25) is 4.79 Å². The molecule has 0 aliphatic carbocycles. The normalized spacial score (nSPS) is 10.7. The van der Waals surface area contributed by atoms with Gasteiger partial charge in [0.2, 0.25) is 5.91 Å². The molecule has 0 aliphatic rings. The van der Waals surface area contributed by atoms with Crippen molar-refractivity contribution in [3.05, 3.63) is 45.6 Å². The lowest BCUT2D eigenvalue weighted by molar-refractivity contribution is -0.113. The molecule has 4 nitrogen and oxygen atoms in total. The molecular weight excluding hydrogens is 417 g/mol. The Balaban J connectivity index is 1.63. The van der Waals surface area contributed by atoms with E-state index in [0.29, 0.717) is 5.75 Å². The highest BCUT2D eigenvalue weighted by atomic mass is 127. The Labute approximate surface area is 143 Å². The molecule has 21 heavy (non-hydrogen) atoms. The zero-order valence-electron chi connectivity index (χ0n) is 10.7. The van der Waals surface area contributed by atoms with Crippen LogP contribution in [-0.2, 0) is 4.79 Å². The van der Waals surface area contributed by atoms with Gasteiger partial charge in [-0.15, -0.1) is 11.3 Å². The lowest BCUT2D eigenvalue weighted by Gasteiger charge is -2.05. The van der Waals surface area contributed by atoms with Crippen LogP contribution in [0.2, 0.25) is 0 Å². The van der Waals surface area contributed by atoms with Crippen molar-refractivity contribution in [2.24, 2.45) is 0 Å². The van der Waals surface area contributed by atoms with Crippen LogP contribution >= 0.6 is 45.7 Å². The Bertz CT molecular complexity index is 773. The summed E-state index contributed by atoms with van der Waals surface area (Å²) in [6.45, 7) is 0. The van der Waals surface area contributed by atoms with E-state index in [2.05, 4.69) is 37.9 Å². The van der Waals surface area contributed by atoms with Gasteiger partial charge in [0.25, 0.3) is 0 Å². The van der Waals surface area contributed by atoms with Crippen LogP contribution < -0.4 is 5.32 Å². The molecule has 1 amide bonds. The number of benzene rings is 1. The molecule has 2 heterocycles. The smallest absolute Gasteiger partial charge is 0.234 e. The third-order valence-electron chi connectivity index (χ3n) is 2.68. The van der Waals surface area contributed by atoms with Crippen LogP contribution in [0.15, 0.2) is 47.1 Å². The SMILES string of the molecule is O=C(CSc1ncnc2ccsc12)Nc1ccc(I)cc1. The maximum atomic E-state index is 12.0. The molecule has 0 aliphatic heterocycles. The fourth-order valence-corrected chi connectivity index (χ4v) is 3.84. The van der Waals surface area contributed by atoms with E-state index in [0.717, 1.165) is 24.5 Å². The molecule has 0 fully saturated rings. The van der Waals surface area contributed by atoms with Crippen LogP contribution in [0.3, 0.4) is 0 Å². The summed E-state index contributed by atoms with van der Waals surface area (Å²) in [4.78, 5) is 20.4. The number of nitrogens with zero attached hydrogens (tertiary/aromatic N) is 2. The summed E-state index contributed by atoms with van der Waals surface area (Å²) in [5.74, 6) is 0.292. The second kappa shape index (κ2) is 6.71. The predicted octanol–water partition coefficient (Wildman–Crippen LogP) is 4.03. The standard InChI is InChI=1S/C14H10IN3OS2/c15-9-1-3-10(4-2-9)18-12(19)7-21-14-13-11(5-6-20-13)16-8-17-14/h1-6,8H,7H2,(H,18,19). The summed E-state index contributed by atoms with van der Waals surface area (Å²) in [5.41, 5.74) is 1.74. The molecule has 106 valence electrons. The number of halogens is 1. The summed E-state index contributed by atoms with van der Waals surface area (Å²) in [6.07, 6.45) is 1.54. The van der Waals surface area contributed by atoms with E-state index in [-0.39, 0.29) is 5.91 Å². The number of thioether (sulfide) groups is 1. The van der Waals surface area contributed by atoms with Gasteiger partial charge in [0.15, 0.2) is 0 Å². The summed E-state index contributed by atoms with van der Waals surface area (Å²) < 4.78 is 2.17. The van der Waals surface area contributed by atoms with E-state index in [4.69, 9.17) is 0 Å². The number of fused-ring (bicyclic) bond motifs is 1. The Morgan fingerprint density at radius 3 is 2.86 bits per heavy atom. The minimum atomic E-state index is -0.0375. The van der Waals surface area contributed by atoms with Gasteiger partial charge in [-0.2, -0.15) is 0 Å². The largest absolute Gasteiger partial charge is 0.325 e. The van der Waals surface area contributed by atoms with E-state index in [9.17, 15) is 4.79 Å². The number of aromatic nitrogens is 2. The van der Waals surface area contributed by atoms with Crippen LogP contribution in [0.5, 0.6) is 0 Å². The highest BCUT2D eigenvalue weighted by Gasteiger charge is 2.09. The third-order valence-corrected chi connectivity index (χ3v) is 5.43. The second-order valence-corrected chi connectivity index (χ2v) is 7.28. The molecule has 3 aromatic rings. The van der Waals surface area contributed by atoms with Crippen LogP contribution in [0.25, 0.3) is 10.2 Å². The van der Waals surface area contributed by atoms with Crippen molar-refractivity contribution >= 4 is 67.5 Å². The number of nitrogens with one attached hydrogen (secondary N) is 1. The maximum Gasteiger partial charge on any atom is 0.234 e. The topological polar surface area (TPSA) is 54.9 Å². The molecular formula is C14H10IN3OS2. The number of anilines is 1. The molecule has 0 spiro atoms. The highest BCUT2D eigenvalue weighted by molar-refractivity contribution is 14.1. The Hall–Kier alpha value is -1.19. The van der Waals surface area contributed by atoms with Gasteiger partial charge in [0, 0.05) is 9.26 Å². The molecule has 3 rings (SSSR count). The fraction of sp³-hybridized carbons (Fsp3) is 0.0714. The van der Waals surface area contributed by atoms with Gasteiger partial charge in [0.1, 0.15) is 11.4 Å². The molecule has 7 heteroatoms. The number of amides is 1. The molecule has 0 saturated heterocycles. The number of hydrogen-bond donors (Lipinski definition) is 1. The molecule has 0 atom stereocenters.